The second kappa shape index (κ2) is 6.51. The lowest BCUT2D eigenvalue weighted by molar-refractivity contribution is -0.117. The Hall–Kier alpha value is -1.36. The Balaban J connectivity index is 1.67. The molecule has 1 aromatic rings. The monoisotopic (exact) mass is 344 g/mol. The normalized spacial score (nSPS) is 22.6. The molecule has 1 aromatic heterocycles. The van der Waals surface area contributed by atoms with Gasteiger partial charge >= 0.3 is 0 Å². The molecule has 0 spiro atoms. The summed E-state index contributed by atoms with van der Waals surface area (Å²) in [7, 11) is 0. The number of carbonyl (C=O) groups is 2. The predicted octanol–water partition coefficient (Wildman–Crippen LogP) is 3.08. The van der Waals surface area contributed by atoms with Gasteiger partial charge in [-0.25, -0.2) is 0 Å². The number of fused-ring (bicyclic) bond motifs is 2. The number of rotatable bonds is 3. The van der Waals surface area contributed by atoms with Crippen LogP contribution in [0.5, 0.6) is 0 Å². The molecule has 1 amide bonds. The van der Waals surface area contributed by atoms with Crippen molar-refractivity contribution in [3.8, 4) is 0 Å². The van der Waals surface area contributed by atoms with E-state index in [1.807, 2.05) is 4.90 Å². The number of aryl methyl sites for hydroxylation is 2. The fourth-order valence-electron chi connectivity index (χ4n) is 4.39. The number of anilines is 1. The maximum absolute atomic E-state index is 12.7. The third-order valence-electron chi connectivity index (χ3n) is 5.47. The van der Waals surface area contributed by atoms with Gasteiger partial charge in [0.15, 0.2) is 5.12 Å². The summed E-state index contributed by atoms with van der Waals surface area (Å²) in [6.07, 6.45) is 8.37. The molecule has 1 fully saturated rings. The van der Waals surface area contributed by atoms with E-state index in [2.05, 4.69) is 0 Å². The molecule has 2 aliphatic carbocycles. The fourth-order valence-corrected chi connectivity index (χ4v) is 5.08. The van der Waals surface area contributed by atoms with Crippen molar-refractivity contribution in [3.63, 3.8) is 0 Å². The van der Waals surface area contributed by atoms with Crippen LogP contribution in [-0.4, -0.2) is 28.3 Å². The zero-order chi connectivity index (χ0) is 16.7. The van der Waals surface area contributed by atoms with Gasteiger partial charge in [-0.3, -0.25) is 14.6 Å². The SMILES string of the molecule is CC(=O)SCC1CC(=O)N(c2c3c(nc4c2CCC4)CCCC3)C1. The zero-order valence-electron chi connectivity index (χ0n) is 14.3. The summed E-state index contributed by atoms with van der Waals surface area (Å²) in [6.45, 7) is 2.37. The van der Waals surface area contributed by atoms with Gasteiger partial charge in [0.1, 0.15) is 0 Å². The first-order valence-corrected chi connectivity index (χ1v) is 10.1. The molecule has 1 atom stereocenters. The van der Waals surface area contributed by atoms with E-state index >= 15 is 0 Å². The van der Waals surface area contributed by atoms with Gasteiger partial charge in [0.25, 0.3) is 0 Å². The number of aromatic nitrogens is 1. The number of nitrogens with zero attached hydrogens (tertiary/aromatic N) is 2. The van der Waals surface area contributed by atoms with Gasteiger partial charge < -0.3 is 4.90 Å². The van der Waals surface area contributed by atoms with Crippen LogP contribution in [0.3, 0.4) is 0 Å². The van der Waals surface area contributed by atoms with E-state index in [4.69, 9.17) is 4.98 Å². The number of thioether (sulfide) groups is 1. The van der Waals surface area contributed by atoms with Crippen LogP contribution < -0.4 is 4.90 Å². The summed E-state index contributed by atoms with van der Waals surface area (Å²) < 4.78 is 0. The van der Waals surface area contributed by atoms with Gasteiger partial charge in [0.2, 0.25) is 5.91 Å². The third kappa shape index (κ3) is 2.87. The molecule has 0 aromatic carbocycles. The highest BCUT2D eigenvalue weighted by Crippen LogP contribution is 2.40. The molecular weight excluding hydrogens is 320 g/mol. The van der Waals surface area contributed by atoms with Crippen molar-refractivity contribution in [2.45, 2.75) is 58.3 Å². The van der Waals surface area contributed by atoms with Crippen molar-refractivity contribution in [1.29, 1.82) is 0 Å². The first-order valence-electron chi connectivity index (χ1n) is 9.10. The van der Waals surface area contributed by atoms with Crippen molar-refractivity contribution in [3.05, 3.63) is 22.5 Å². The fraction of sp³-hybridized carbons (Fsp3) is 0.632. The summed E-state index contributed by atoms with van der Waals surface area (Å²) >= 11 is 1.35. The van der Waals surface area contributed by atoms with Crippen LogP contribution in [0.25, 0.3) is 0 Å². The average molecular weight is 344 g/mol. The topological polar surface area (TPSA) is 50.3 Å². The lowest BCUT2D eigenvalue weighted by Gasteiger charge is -2.27. The molecule has 1 unspecified atom stereocenters. The Morgan fingerprint density at radius 3 is 2.54 bits per heavy atom. The number of hydrogen-bond donors (Lipinski definition) is 0. The lowest BCUT2D eigenvalue weighted by Crippen LogP contribution is -2.29. The first-order chi connectivity index (χ1) is 11.6. The number of carbonyl (C=O) groups excluding carboxylic acids is 2. The lowest BCUT2D eigenvalue weighted by atomic mass is 9.91. The van der Waals surface area contributed by atoms with Crippen LogP contribution >= 0.6 is 11.8 Å². The second-order valence-corrected chi connectivity index (χ2v) is 8.45. The van der Waals surface area contributed by atoms with E-state index < -0.39 is 0 Å². The molecule has 128 valence electrons. The van der Waals surface area contributed by atoms with E-state index in [1.165, 1.54) is 52.8 Å². The summed E-state index contributed by atoms with van der Waals surface area (Å²) in [5, 5.41) is 0.142. The standard InChI is InChI=1S/C19H24N2O2S/c1-12(22)24-11-13-9-18(23)21(10-13)19-14-5-2-3-7-16(14)20-17-8-4-6-15(17)19/h13H,2-11H2,1H3. The molecule has 1 aliphatic heterocycles. The van der Waals surface area contributed by atoms with Crippen molar-refractivity contribution >= 4 is 28.5 Å². The Kier molecular flexibility index (Phi) is 4.37. The molecule has 0 radical (unpaired) electrons. The summed E-state index contributed by atoms with van der Waals surface area (Å²) in [4.78, 5) is 30.9. The van der Waals surface area contributed by atoms with Crippen LogP contribution in [0.1, 0.15) is 55.1 Å². The smallest absolute Gasteiger partial charge is 0.227 e. The Labute approximate surface area is 147 Å². The van der Waals surface area contributed by atoms with E-state index in [-0.39, 0.29) is 16.9 Å². The maximum Gasteiger partial charge on any atom is 0.227 e. The van der Waals surface area contributed by atoms with Gasteiger partial charge in [0, 0.05) is 37.0 Å². The summed E-state index contributed by atoms with van der Waals surface area (Å²) in [5.41, 5.74) is 6.37. The molecule has 4 nitrogen and oxygen atoms in total. The first kappa shape index (κ1) is 16.1. The van der Waals surface area contributed by atoms with Gasteiger partial charge in [-0.1, -0.05) is 11.8 Å². The van der Waals surface area contributed by atoms with E-state index in [0.717, 1.165) is 44.4 Å². The van der Waals surface area contributed by atoms with Crippen LogP contribution in [0.15, 0.2) is 0 Å². The van der Waals surface area contributed by atoms with Crippen LogP contribution in [0.4, 0.5) is 5.69 Å². The van der Waals surface area contributed by atoms with E-state index in [0.29, 0.717) is 6.42 Å². The number of hydrogen-bond acceptors (Lipinski definition) is 4. The quantitative estimate of drug-likeness (QED) is 0.845. The minimum Gasteiger partial charge on any atom is -0.311 e. The molecule has 0 saturated carbocycles. The van der Waals surface area contributed by atoms with Crippen LogP contribution in [0.2, 0.25) is 0 Å². The molecule has 0 bridgehead atoms. The zero-order valence-corrected chi connectivity index (χ0v) is 15.1. The van der Waals surface area contributed by atoms with Gasteiger partial charge in [-0.15, -0.1) is 0 Å². The number of amides is 1. The minimum atomic E-state index is 0.142. The van der Waals surface area contributed by atoms with Crippen molar-refractivity contribution in [2.24, 2.45) is 5.92 Å². The van der Waals surface area contributed by atoms with Crippen molar-refractivity contribution < 1.29 is 9.59 Å². The molecule has 2 heterocycles. The van der Waals surface area contributed by atoms with Gasteiger partial charge in [0.05, 0.1) is 5.69 Å². The summed E-state index contributed by atoms with van der Waals surface area (Å²) in [5.74, 6) is 1.28. The molecular formula is C19H24N2O2S. The largest absolute Gasteiger partial charge is 0.311 e. The van der Waals surface area contributed by atoms with Crippen LogP contribution in [-0.2, 0) is 35.3 Å². The molecule has 4 rings (SSSR count). The number of pyridine rings is 1. The van der Waals surface area contributed by atoms with Crippen molar-refractivity contribution in [1.82, 2.24) is 4.98 Å². The predicted molar refractivity (Wildman–Crippen MR) is 96.5 cm³/mol. The molecule has 0 N–H and O–H groups in total. The highest BCUT2D eigenvalue weighted by Gasteiger charge is 2.36. The molecule has 24 heavy (non-hydrogen) atoms. The van der Waals surface area contributed by atoms with Crippen LogP contribution in [0, 0.1) is 5.92 Å². The van der Waals surface area contributed by atoms with Gasteiger partial charge in [-0.2, -0.15) is 0 Å². The Bertz CT molecular complexity index is 701. The van der Waals surface area contributed by atoms with E-state index in [9.17, 15) is 9.59 Å². The molecule has 3 aliphatic rings. The summed E-state index contributed by atoms with van der Waals surface area (Å²) in [6, 6.07) is 0. The van der Waals surface area contributed by atoms with E-state index in [1.54, 1.807) is 6.92 Å². The highest BCUT2D eigenvalue weighted by molar-refractivity contribution is 8.13. The second-order valence-electron chi connectivity index (χ2n) is 7.25. The average Bonchev–Trinajstić information content (AvgIpc) is 3.17. The minimum absolute atomic E-state index is 0.142. The molecule has 5 heteroatoms. The van der Waals surface area contributed by atoms with Gasteiger partial charge in [-0.05, 0) is 62.0 Å². The highest BCUT2D eigenvalue weighted by atomic mass is 32.2. The maximum atomic E-state index is 12.7. The Morgan fingerprint density at radius 2 is 1.79 bits per heavy atom. The third-order valence-corrected chi connectivity index (χ3v) is 6.51. The molecule has 1 saturated heterocycles. The Morgan fingerprint density at radius 1 is 1.12 bits per heavy atom. The van der Waals surface area contributed by atoms with Crippen molar-refractivity contribution in [2.75, 3.05) is 17.2 Å².